The molecule has 0 N–H and O–H groups in total. The molecule has 1 saturated heterocycles. The van der Waals surface area contributed by atoms with Gasteiger partial charge in [0.25, 0.3) is 5.91 Å². The van der Waals surface area contributed by atoms with Crippen LogP contribution in [0.3, 0.4) is 0 Å². The number of rotatable bonds is 2. The second kappa shape index (κ2) is 5.27. The third-order valence-corrected chi connectivity index (χ3v) is 3.72. The molecule has 3 rings (SSSR count). The van der Waals surface area contributed by atoms with Crippen LogP contribution in [0, 0.1) is 5.92 Å². The number of halogens is 1. The van der Waals surface area contributed by atoms with Gasteiger partial charge in [0.2, 0.25) is 0 Å². The van der Waals surface area contributed by atoms with Crippen molar-refractivity contribution in [3.8, 4) is 0 Å². The smallest absolute Gasteiger partial charge is 0.254 e. The van der Waals surface area contributed by atoms with Gasteiger partial charge >= 0.3 is 0 Å². The fourth-order valence-corrected chi connectivity index (χ4v) is 2.61. The van der Waals surface area contributed by atoms with E-state index in [-0.39, 0.29) is 5.91 Å². The third-order valence-electron chi connectivity index (χ3n) is 3.43. The van der Waals surface area contributed by atoms with Crippen molar-refractivity contribution < 1.29 is 9.53 Å². The van der Waals surface area contributed by atoms with Crippen LogP contribution >= 0.6 is 11.6 Å². The normalized spacial score (nSPS) is 20.8. The number of ether oxygens (including phenoxy) is 1. The molecule has 100 valence electrons. The van der Waals surface area contributed by atoms with Gasteiger partial charge in [-0.1, -0.05) is 11.6 Å². The molecule has 0 unspecified atom stereocenters. The minimum absolute atomic E-state index is 0.0675. The summed E-state index contributed by atoms with van der Waals surface area (Å²) in [7, 11) is 0. The molecule has 3 heterocycles. The van der Waals surface area contributed by atoms with Gasteiger partial charge in [0.15, 0.2) is 5.82 Å². The number of anilines is 1. The van der Waals surface area contributed by atoms with Crippen LogP contribution in [0.15, 0.2) is 23.4 Å². The summed E-state index contributed by atoms with van der Waals surface area (Å²) in [6.45, 7) is 1.48. The summed E-state index contributed by atoms with van der Waals surface area (Å²) < 4.78 is 5.33. The monoisotopic (exact) mass is 279 g/mol. The van der Waals surface area contributed by atoms with E-state index in [1.165, 1.54) is 5.01 Å². The highest BCUT2D eigenvalue weighted by molar-refractivity contribution is 6.33. The van der Waals surface area contributed by atoms with Gasteiger partial charge < -0.3 is 4.74 Å². The molecule has 0 saturated carbocycles. The second-order valence-corrected chi connectivity index (χ2v) is 5.08. The van der Waals surface area contributed by atoms with Crippen LogP contribution in [0.2, 0.25) is 5.02 Å². The molecular weight excluding hydrogens is 266 g/mol. The topological polar surface area (TPSA) is 54.8 Å². The van der Waals surface area contributed by atoms with Crippen molar-refractivity contribution in [3.05, 3.63) is 23.4 Å². The summed E-state index contributed by atoms with van der Waals surface area (Å²) in [6.07, 6.45) is 3.82. The van der Waals surface area contributed by atoms with Crippen LogP contribution < -0.4 is 5.01 Å². The Hall–Kier alpha value is -1.46. The van der Waals surface area contributed by atoms with Gasteiger partial charge in [-0.2, -0.15) is 10.1 Å². The molecule has 0 bridgehead atoms. The SMILES string of the molecule is O=C1CC(C2CCOCC2)=NN1c1ncccc1Cl. The number of carbonyl (C=O) groups excluding carboxylic acids is 1. The van der Waals surface area contributed by atoms with E-state index in [1.54, 1.807) is 18.3 Å². The first-order valence-electron chi connectivity index (χ1n) is 6.34. The highest BCUT2D eigenvalue weighted by atomic mass is 35.5. The summed E-state index contributed by atoms with van der Waals surface area (Å²) in [5, 5.41) is 6.19. The lowest BCUT2D eigenvalue weighted by molar-refractivity contribution is -0.117. The van der Waals surface area contributed by atoms with E-state index in [0.717, 1.165) is 31.8 Å². The van der Waals surface area contributed by atoms with E-state index >= 15 is 0 Å². The van der Waals surface area contributed by atoms with E-state index < -0.39 is 0 Å². The van der Waals surface area contributed by atoms with E-state index in [2.05, 4.69) is 10.1 Å². The summed E-state index contributed by atoms with van der Waals surface area (Å²) in [4.78, 5) is 16.2. The Kier molecular flexibility index (Phi) is 3.48. The molecule has 0 spiro atoms. The number of pyridine rings is 1. The Balaban J connectivity index is 1.85. The van der Waals surface area contributed by atoms with Crippen molar-refractivity contribution in [2.75, 3.05) is 18.2 Å². The van der Waals surface area contributed by atoms with E-state index in [1.807, 2.05) is 0 Å². The molecular formula is C13H14ClN3O2. The zero-order valence-corrected chi connectivity index (χ0v) is 11.1. The predicted octanol–water partition coefficient (Wildman–Crippen LogP) is 2.25. The van der Waals surface area contributed by atoms with Crippen LogP contribution in [-0.4, -0.2) is 29.8 Å². The van der Waals surface area contributed by atoms with E-state index in [9.17, 15) is 4.79 Å². The van der Waals surface area contributed by atoms with Crippen LogP contribution in [0.25, 0.3) is 0 Å². The Morgan fingerprint density at radius 3 is 2.89 bits per heavy atom. The minimum Gasteiger partial charge on any atom is -0.381 e. The Labute approximate surface area is 116 Å². The summed E-state index contributed by atoms with van der Waals surface area (Å²) >= 11 is 6.06. The molecule has 1 amide bonds. The second-order valence-electron chi connectivity index (χ2n) is 4.67. The molecule has 0 atom stereocenters. The summed E-state index contributed by atoms with van der Waals surface area (Å²) in [6, 6.07) is 3.44. The first kappa shape index (κ1) is 12.6. The maximum atomic E-state index is 12.1. The molecule has 0 aliphatic carbocycles. The van der Waals surface area contributed by atoms with Crippen LogP contribution in [0.1, 0.15) is 19.3 Å². The molecule has 1 aromatic heterocycles. The van der Waals surface area contributed by atoms with Gasteiger partial charge in [-0.15, -0.1) is 0 Å². The molecule has 5 nitrogen and oxygen atoms in total. The number of amides is 1. The molecule has 19 heavy (non-hydrogen) atoms. The van der Waals surface area contributed by atoms with Gasteiger partial charge in [0.05, 0.1) is 17.2 Å². The van der Waals surface area contributed by atoms with Gasteiger partial charge in [0, 0.05) is 25.3 Å². The number of aromatic nitrogens is 1. The Morgan fingerprint density at radius 1 is 1.37 bits per heavy atom. The number of hydrogen-bond acceptors (Lipinski definition) is 4. The molecule has 1 fully saturated rings. The van der Waals surface area contributed by atoms with Crippen LogP contribution in [0.4, 0.5) is 5.82 Å². The minimum atomic E-state index is -0.0675. The largest absolute Gasteiger partial charge is 0.381 e. The van der Waals surface area contributed by atoms with Crippen molar-refractivity contribution >= 4 is 29.0 Å². The van der Waals surface area contributed by atoms with Crippen LogP contribution in [0.5, 0.6) is 0 Å². The standard InChI is InChI=1S/C13H14ClN3O2/c14-10-2-1-5-15-13(10)17-12(18)8-11(16-17)9-3-6-19-7-4-9/h1-2,5,9H,3-4,6-8H2. The zero-order valence-electron chi connectivity index (χ0n) is 10.4. The van der Waals surface area contributed by atoms with E-state index in [0.29, 0.717) is 23.2 Å². The van der Waals surface area contributed by atoms with Gasteiger partial charge in [-0.25, -0.2) is 4.98 Å². The maximum absolute atomic E-state index is 12.1. The van der Waals surface area contributed by atoms with Crippen LogP contribution in [-0.2, 0) is 9.53 Å². The van der Waals surface area contributed by atoms with Crippen molar-refractivity contribution in [1.29, 1.82) is 0 Å². The first-order valence-corrected chi connectivity index (χ1v) is 6.72. The van der Waals surface area contributed by atoms with Gasteiger partial charge in [0.1, 0.15) is 0 Å². The Morgan fingerprint density at radius 2 is 2.16 bits per heavy atom. The van der Waals surface area contributed by atoms with Crippen molar-refractivity contribution in [3.63, 3.8) is 0 Å². The molecule has 2 aliphatic heterocycles. The average Bonchev–Trinajstić information content (AvgIpc) is 2.82. The number of carbonyl (C=O) groups is 1. The van der Waals surface area contributed by atoms with Crippen molar-refractivity contribution in [2.45, 2.75) is 19.3 Å². The summed E-state index contributed by atoms with van der Waals surface area (Å²) in [5.74, 6) is 0.684. The number of hydrazone groups is 1. The molecule has 0 radical (unpaired) electrons. The van der Waals surface area contributed by atoms with E-state index in [4.69, 9.17) is 16.3 Å². The predicted molar refractivity (Wildman–Crippen MR) is 72.3 cm³/mol. The average molecular weight is 280 g/mol. The molecule has 1 aromatic rings. The van der Waals surface area contributed by atoms with Gasteiger partial charge in [-0.3, -0.25) is 4.79 Å². The van der Waals surface area contributed by atoms with Gasteiger partial charge in [-0.05, 0) is 25.0 Å². The lowest BCUT2D eigenvalue weighted by Gasteiger charge is -2.21. The zero-order chi connectivity index (χ0) is 13.2. The van der Waals surface area contributed by atoms with Crippen molar-refractivity contribution in [1.82, 2.24) is 4.98 Å². The third kappa shape index (κ3) is 2.48. The number of nitrogens with zero attached hydrogens (tertiary/aromatic N) is 3. The highest BCUT2D eigenvalue weighted by Crippen LogP contribution is 2.29. The lowest BCUT2D eigenvalue weighted by atomic mass is 9.93. The first-order chi connectivity index (χ1) is 9.25. The number of hydrogen-bond donors (Lipinski definition) is 0. The maximum Gasteiger partial charge on any atom is 0.254 e. The Bertz CT molecular complexity index is 526. The molecule has 0 aromatic carbocycles. The molecule has 2 aliphatic rings. The molecule has 6 heteroatoms. The van der Waals surface area contributed by atoms with Crippen molar-refractivity contribution in [2.24, 2.45) is 11.0 Å². The lowest BCUT2D eigenvalue weighted by Crippen LogP contribution is -2.23. The highest BCUT2D eigenvalue weighted by Gasteiger charge is 2.32. The fraction of sp³-hybridized carbons (Fsp3) is 0.462. The fourth-order valence-electron chi connectivity index (χ4n) is 2.40. The summed E-state index contributed by atoms with van der Waals surface area (Å²) in [5.41, 5.74) is 0.926. The quantitative estimate of drug-likeness (QED) is 0.834.